The van der Waals surface area contributed by atoms with Gasteiger partial charge in [-0.2, -0.15) is 0 Å². The zero-order chi connectivity index (χ0) is 26.4. The Hall–Kier alpha value is -4.00. The number of carboxylic acids is 1. The molecular formula is C23H20ClFN2O9. The van der Waals surface area contributed by atoms with Crippen LogP contribution in [-0.4, -0.2) is 45.7 Å². The minimum absolute atomic E-state index is 0.0483. The molecule has 0 radical (unpaired) electrons. The van der Waals surface area contributed by atoms with Crippen LogP contribution in [-0.2, 0) is 32.3 Å². The maximum atomic E-state index is 14.1. The lowest BCUT2D eigenvalue weighted by Gasteiger charge is -2.24. The van der Waals surface area contributed by atoms with Gasteiger partial charge in [-0.3, -0.25) is 10.2 Å². The van der Waals surface area contributed by atoms with Crippen LogP contribution in [0.25, 0.3) is 11.1 Å². The molecule has 13 heteroatoms. The number of carbonyl (C=O) groups is 3. The normalized spacial score (nSPS) is 11.8. The number of hydrazine groups is 1. The van der Waals surface area contributed by atoms with Gasteiger partial charge in [0.15, 0.2) is 24.2 Å². The summed E-state index contributed by atoms with van der Waals surface area (Å²) in [7, 11) is 0. The summed E-state index contributed by atoms with van der Waals surface area (Å²) in [6.07, 6.45) is -1.81. The first-order valence-corrected chi connectivity index (χ1v) is 10.7. The Balaban J connectivity index is 1.69. The van der Waals surface area contributed by atoms with Gasteiger partial charge in [0, 0.05) is 17.1 Å². The van der Waals surface area contributed by atoms with Gasteiger partial charge in [-0.1, -0.05) is 35.9 Å². The van der Waals surface area contributed by atoms with Crippen molar-refractivity contribution >= 4 is 29.4 Å². The van der Waals surface area contributed by atoms with Crippen LogP contribution in [0, 0.1) is 12.7 Å². The molecule has 1 atom stereocenters. The molecule has 190 valence electrons. The number of aliphatic carboxylic acids is 1. The van der Waals surface area contributed by atoms with E-state index in [1.807, 2.05) is 0 Å². The molecule has 36 heavy (non-hydrogen) atoms. The molecule has 0 bridgehead atoms. The van der Waals surface area contributed by atoms with Crippen LogP contribution < -0.4 is 11.2 Å². The number of rotatable bonds is 9. The SMILES string of the molecule is Cc1oc(=O)oc1COC(=O)[C@H](O)CN(Cc1ccc(-c2cc(Cl)ccc2F)cc1)NC(=O)C(=O)O. The van der Waals surface area contributed by atoms with Crippen molar-refractivity contribution in [3.05, 3.63) is 81.0 Å². The van der Waals surface area contributed by atoms with E-state index in [4.69, 9.17) is 25.9 Å². The van der Waals surface area contributed by atoms with Crippen LogP contribution in [0.5, 0.6) is 0 Å². The number of aryl methyl sites for hydroxylation is 1. The molecule has 1 amide bonds. The fourth-order valence-corrected chi connectivity index (χ4v) is 3.26. The van der Waals surface area contributed by atoms with Crippen LogP contribution in [0.2, 0.25) is 5.02 Å². The van der Waals surface area contributed by atoms with Crippen molar-refractivity contribution in [3.63, 3.8) is 0 Å². The average Bonchev–Trinajstić information content (AvgIpc) is 3.16. The van der Waals surface area contributed by atoms with Gasteiger partial charge >= 0.3 is 23.7 Å². The number of hydrogen-bond acceptors (Lipinski definition) is 9. The molecule has 0 saturated carbocycles. The second kappa shape index (κ2) is 11.6. The standard InChI is InChI=1S/C23H20ClFN2O9/c1-12-19(36-23(33)35-12)11-34-22(32)18(28)10-27(26-20(29)21(30)31)9-13-2-4-14(5-3-13)16-8-15(24)6-7-17(16)25/h2-8,18,28H,9-11H2,1H3,(H,26,29)(H,30,31)/t18-/m1/s1. The smallest absolute Gasteiger partial charge is 0.474 e. The van der Waals surface area contributed by atoms with Crippen LogP contribution in [0.3, 0.4) is 0 Å². The highest BCUT2D eigenvalue weighted by atomic mass is 35.5. The number of aliphatic hydroxyl groups excluding tert-OH is 1. The van der Waals surface area contributed by atoms with Gasteiger partial charge in [-0.25, -0.2) is 23.8 Å². The van der Waals surface area contributed by atoms with Crippen molar-refractivity contribution < 1.29 is 42.6 Å². The number of ether oxygens (including phenoxy) is 1. The highest BCUT2D eigenvalue weighted by molar-refractivity contribution is 6.31. The quantitative estimate of drug-likeness (QED) is 0.215. The van der Waals surface area contributed by atoms with Crippen molar-refractivity contribution in [1.29, 1.82) is 0 Å². The van der Waals surface area contributed by atoms with Crippen LogP contribution in [0.4, 0.5) is 4.39 Å². The molecule has 0 aliphatic rings. The topological polar surface area (TPSA) is 160 Å². The Bertz CT molecular complexity index is 1320. The van der Waals surface area contributed by atoms with Gasteiger partial charge < -0.3 is 23.8 Å². The number of carboxylic acid groups (broad SMARTS) is 1. The summed E-state index contributed by atoms with van der Waals surface area (Å²) in [6, 6.07) is 10.5. The van der Waals surface area contributed by atoms with E-state index < -0.39 is 48.7 Å². The summed E-state index contributed by atoms with van der Waals surface area (Å²) in [5.74, 6) is -5.72. The molecule has 1 aromatic heterocycles. The monoisotopic (exact) mass is 522 g/mol. The number of aliphatic hydroxyl groups is 1. The Labute approximate surface area is 207 Å². The lowest BCUT2D eigenvalue weighted by atomic mass is 10.0. The number of nitrogens with zero attached hydrogens (tertiary/aromatic N) is 1. The van der Waals surface area contributed by atoms with Crippen molar-refractivity contribution in [2.45, 2.75) is 26.2 Å². The number of benzene rings is 2. The largest absolute Gasteiger partial charge is 0.519 e. The van der Waals surface area contributed by atoms with Crippen LogP contribution in [0.1, 0.15) is 17.1 Å². The van der Waals surface area contributed by atoms with E-state index in [0.717, 1.165) is 5.01 Å². The fourth-order valence-electron chi connectivity index (χ4n) is 3.09. The highest BCUT2D eigenvalue weighted by Crippen LogP contribution is 2.26. The molecule has 2 aromatic carbocycles. The Kier molecular flexibility index (Phi) is 8.59. The molecule has 3 aromatic rings. The first-order chi connectivity index (χ1) is 17.0. The molecule has 0 unspecified atom stereocenters. The van der Waals surface area contributed by atoms with Gasteiger partial charge in [0.1, 0.15) is 5.82 Å². The van der Waals surface area contributed by atoms with Gasteiger partial charge in [0.2, 0.25) is 0 Å². The van der Waals surface area contributed by atoms with E-state index in [2.05, 4.69) is 9.84 Å². The number of halogens is 2. The van der Waals surface area contributed by atoms with Gasteiger partial charge in [0.05, 0.1) is 6.54 Å². The summed E-state index contributed by atoms with van der Waals surface area (Å²) in [6.45, 7) is 0.254. The molecule has 11 nitrogen and oxygen atoms in total. The molecule has 3 rings (SSSR count). The highest BCUT2D eigenvalue weighted by Gasteiger charge is 2.25. The molecule has 1 heterocycles. The Morgan fingerprint density at radius 1 is 1.17 bits per heavy atom. The number of amides is 1. The summed E-state index contributed by atoms with van der Waals surface area (Å²) in [5, 5.41) is 20.5. The van der Waals surface area contributed by atoms with E-state index in [1.165, 1.54) is 25.1 Å². The third kappa shape index (κ3) is 7.01. The van der Waals surface area contributed by atoms with E-state index in [9.17, 15) is 28.7 Å². The molecule has 0 saturated heterocycles. The summed E-state index contributed by atoms with van der Waals surface area (Å²) in [5.41, 5.74) is 3.39. The van der Waals surface area contributed by atoms with Crippen molar-refractivity contribution in [2.24, 2.45) is 0 Å². The second-order valence-corrected chi connectivity index (χ2v) is 7.94. The van der Waals surface area contributed by atoms with E-state index in [-0.39, 0.29) is 23.6 Å². The molecule has 0 spiro atoms. The molecular weight excluding hydrogens is 503 g/mol. The first-order valence-electron chi connectivity index (χ1n) is 10.3. The predicted molar refractivity (Wildman–Crippen MR) is 121 cm³/mol. The van der Waals surface area contributed by atoms with Crippen molar-refractivity contribution in [1.82, 2.24) is 10.4 Å². The maximum Gasteiger partial charge on any atom is 0.519 e. The van der Waals surface area contributed by atoms with E-state index in [1.54, 1.807) is 24.3 Å². The van der Waals surface area contributed by atoms with Gasteiger partial charge in [-0.15, -0.1) is 0 Å². The van der Waals surface area contributed by atoms with Gasteiger partial charge in [-0.05, 0) is 36.2 Å². The number of carbonyl (C=O) groups excluding carboxylic acids is 2. The molecule has 3 N–H and O–H groups in total. The number of hydrogen-bond donors (Lipinski definition) is 3. The summed E-state index contributed by atoms with van der Waals surface area (Å²) >= 11 is 5.93. The zero-order valence-corrected chi connectivity index (χ0v) is 19.5. The Morgan fingerprint density at radius 3 is 2.47 bits per heavy atom. The van der Waals surface area contributed by atoms with Crippen molar-refractivity contribution in [2.75, 3.05) is 6.54 Å². The minimum Gasteiger partial charge on any atom is -0.474 e. The van der Waals surface area contributed by atoms with Crippen LogP contribution in [0.15, 0.2) is 56.1 Å². The van der Waals surface area contributed by atoms with Gasteiger partial charge in [0.25, 0.3) is 0 Å². The lowest BCUT2D eigenvalue weighted by Crippen LogP contribution is -2.49. The fraction of sp³-hybridized carbons (Fsp3) is 0.217. The zero-order valence-electron chi connectivity index (χ0n) is 18.7. The maximum absolute atomic E-state index is 14.1. The number of nitrogens with one attached hydrogen (secondary N) is 1. The van der Waals surface area contributed by atoms with E-state index >= 15 is 0 Å². The molecule has 0 fully saturated rings. The molecule has 0 aliphatic carbocycles. The predicted octanol–water partition coefficient (Wildman–Crippen LogP) is 2.02. The van der Waals surface area contributed by atoms with Crippen molar-refractivity contribution in [3.8, 4) is 11.1 Å². The summed E-state index contributed by atoms with van der Waals surface area (Å²) in [4.78, 5) is 45.9. The lowest BCUT2D eigenvalue weighted by molar-refractivity contribution is -0.159. The second-order valence-electron chi connectivity index (χ2n) is 7.50. The third-order valence-corrected chi connectivity index (χ3v) is 5.10. The minimum atomic E-state index is -1.81. The number of esters is 1. The average molecular weight is 523 g/mol. The van der Waals surface area contributed by atoms with Crippen LogP contribution >= 0.6 is 11.6 Å². The summed E-state index contributed by atoms with van der Waals surface area (Å²) < 4.78 is 28.4. The van der Waals surface area contributed by atoms with E-state index in [0.29, 0.717) is 16.1 Å². The Morgan fingerprint density at radius 2 is 1.86 bits per heavy atom. The molecule has 0 aliphatic heterocycles. The first kappa shape index (κ1) is 26.6. The third-order valence-electron chi connectivity index (χ3n) is 4.87.